The molecule has 0 spiro atoms. The monoisotopic (exact) mass is 264 g/mol. The molecule has 1 aromatic rings. The van der Waals surface area contributed by atoms with Crippen molar-refractivity contribution in [1.29, 1.82) is 0 Å². The van der Waals surface area contributed by atoms with E-state index in [2.05, 4.69) is 51.9 Å². The minimum absolute atomic E-state index is 0.0582. The quantitative estimate of drug-likeness (QED) is 0.888. The van der Waals surface area contributed by atoms with E-state index in [-0.39, 0.29) is 11.5 Å². The van der Waals surface area contributed by atoms with Crippen molar-refractivity contribution in [3.8, 4) is 5.75 Å². The van der Waals surface area contributed by atoms with E-state index in [0.29, 0.717) is 0 Å². The molecule has 1 atom stereocenters. The third-order valence-corrected chi connectivity index (χ3v) is 3.35. The Bertz CT molecular complexity index is 408. The van der Waals surface area contributed by atoms with Crippen molar-refractivity contribution in [3.63, 3.8) is 0 Å². The summed E-state index contributed by atoms with van der Waals surface area (Å²) in [5.74, 6) is 0.941. The zero-order valence-corrected chi connectivity index (χ0v) is 13.2. The van der Waals surface area contributed by atoms with E-state index >= 15 is 0 Å². The Morgan fingerprint density at radius 1 is 1.26 bits per heavy atom. The number of rotatable bonds is 5. The summed E-state index contributed by atoms with van der Waals surface area (Å²) < 4.78 is 5.46. The SMILES string of the molecule is COc1ccc(C(N)CCN(C)C)cc1C(C)(C)C. The maximum Gasteiger partial charge on any atom is 0.122 e. The van der Waals surface area contributed by atoms with Crippen LogP contribution >= 0.6 is 0 Å². The molecule has 0 radical (unpaired) electrons. The first-order valence-corrected chi connectivity index (χ1v) is 6.84. The second-order valence-electron chi connectivity index (χ2n) is 6.41. The number of hydrogen-bond donors (Lipinski definition) is 1. The Hall–Kier alpha value is -1.06. The maximum absolute atomic E-state index is 6.28. The molecule has 0 aliphatic heterocycles. The third-order valence-electron chi connectivity index (χ3n) is 3.35. The maximum atomic E-state index is 6.28. The van der Waals surface area contributed by atoms with Gasteiger partial charge in [-0.05, 0) is 49.7 Å². The van der Waals surface area contributed by atoms with Crippen molar-refractivity contribution in [1.82, 2.24) is 4.90 Å². The van der Waals surface area contributed by atoms with Crippen molar-refractivity contribution in [2.75, 3.05) is 27.7 Å². The molecule has 3 nitrogen and oxygen atoms in total. The average Bonchev–Trinajstić information content (AvgIpc) is 2.34. The standard InChI is InChI=1S/C16H28N2O/c1-16(2,3)13-11-12(7-8-15(13)19-6)14(17)9-10-18(4)5/h7-8,11,14H,9-10,17H2,1-6H3. The predicted octanol–water partition coefficient (Wildman–Crippen LogP) is 2.94. The normalized spacial score (nSPS) is 13.7. The van der Waals surface area contributed by atoms with E-state index in [1.54, 1.807) is 7.11 Å². The minimum atomic E-state index is 0.0582. The topological polar surface area (TPSA) is 38.5 Å². The fraction of sp³-hybridized carbons (Fsp3) is 0.625. The molecule has 0 bridgehead atoms. The van der Waals surface area contributed by atoms with Crippen LogP contribution in [-0.4, -0.2) is 32.6 Å². The van der Waals surface area contributed by atoms with Gasteiger partial charge in [0.05, 0.1) is 7.11 Å². The van der Waals surface area contributed by atoms with Crippen LogP contribution in [0.5, 0.6) is 5.75 Å². The molecule has 0 aliphatic carbocycles. The van der Waals surface area contributed by atoms with Gasteiger partial charge in [0.25, 0.3) is 0 Å². The van der Waals surface area contributed by atoms with Crippen molar-refractivity contribution in [2.24, 2.45) is 5.73 Å². The van der Waals surface area contributed by atoms with Crippen LogP contribution in [0.25, 0.3) is 0 Å². The molecule has 0 aliphatic rings. The van der Waals surface area contributed by atoms with Crippen molar-refractivity contribution < 1.29 is 4.74 Å². The largest absolute Gasteiger partial charge is 0.496 e. The van der Waals surface area contributed by atoms with Crippen LogP contribution in [-0.2, 0) is 5.41 Å². The van der Waals surface area contributed by atoms with Crippen LogP contribution in [0, 0.1) is 0 Å². The van der Waals surface area contributed by atoms with Crippen LogP contribution in [0.15, 0.2) is 18.2 Å². The molecular formula is C16H28N2O. The Morgan fingerprint density at radius 3 is 2.37 bits per heavy atom. The molecule has 108 valence electrons. The lowest BCUT2D eigenvalue weighted by atomic mass is 9.84. The molecule has 19 heavy (non-hydrogen) atoms. The summed E-state index contributed by atoms with van der Waals surface area (Å²) in [5, 5.41) is 0. The predicted molar refractivity (Wildman–Crippen MR) is 81.8 cm³/mol. The summed E-state index contributed by atoms with van der Waals surface area (Å²) >= 11 is 0. The number of ether oxygens (including phenoxy) is 1. The first kappa shape index (κ1) is 16.0. The molecule has 2 N–H and O–H groups in total. The van der Waals surface area contributed by atoms with Crippen molar-refractivity contribution in [2.45, 2.75) is 38.6 Å². The highest BCUT2D eigenvalue weighted by molar-refractivity contribution is 5.42. The Kier molecular flexibility index (Phi) is 5.39. The molecule has 0 amide bonds. The number of nitrogens with two attached hydrogens (primary N) is 1. The van der Waals surface area contributed by atoms with Gasteiger partial charge in [0.2, 0.25) is 0 Å². The molecular weight excluding hydrogens is 236 g/mol. The molecule has 0 heterocycles. The zero-order valence-electron chi connectivity index (χ0n) is 13.2. The zero-order chi connectivity index (χ0) is 14.6. The second-order valence-corrected chi connectivity index (χ2v) is 6.41. The summed E-state index contributed by atoms with van der Waals surface area (Å²) in [7, 11) is 5.86. The van der Waals surface area contributed by atoms with E-state index in [1.807, 2.05) is 6.07 Å². The van der Waals surface area contributed by atoms with Crippen LogP contribution in [0.1, 0.15) is 44.4 Å². The van der Waals surface area contributed by atoms with Crippen molar-refractivity contribution in [3.05, 3.63) is 29.3 Å². The number of methoxy groups -OCH3 is 1. The van der Waals surface area contributed by atoms with Crippen LogP contribution < -0.4 is 10.5 Å². The molecule has 0 saturated heterocycles. The van der Waals surface area contributed by atoms with Crippen molar-refractivity contribution >= 4 is 0 Å². The summed E-state index contributed by atoms with van der Waals surface area (Å²) in [6, 6.07) is 6.38. The number of benzene rings is 1. The van der Waals surface area contributed by atoms with Crippen LogP contribution in [0.3, 0.4) is 0 Å². The van der Waals surface area contributed by atoms with E-state index in [4.69, 9.17) is 10.5 Å². The first-order valence-electron chi connectivity index (χ1n) is 6.84. The van der Waals surface area contributed by atoms with Gasteiger partial charge in [-0.3, -0.25) is 0 Å². The summed E-state index contributed by atoms with van der Waals surface area (Å²) in [6.45, 7) is 7.58. The fourth-order valence-corrected chi connectivity index (χ4v) is 2.11. The van der Waals surface area contributed by atoms with Gasteiger partial charge in [-0.2, -0.15) is 0 Å². The highest BCUT2D eigenvalue weighted by Crippen LogP contribution is 2.33. The molecule has 0 saturated carbocycles. The van der Waals surface area contributed by atoms with Gasteiger partial charge in [-0.25, -0.2) is 0 Å². The Labute approximate surface area is 117 Å². The smallest absolute Gasteiger partial charge is 0.122 e. The van der Waals surface area contributed by atoms with Gasteiger partial charge in [-0.15, -0.1) is 0 Å². The Balaban J connectivity index is 2.98. The van der Waals surface area contributed by atoms with Gasteiger partial charge < -0.3 is 15.4 Å². The van der Waals surface area contributed by atoms with E-state index in [1.165, 1.54) is 11.1 Å². The van der Waals surface area contributed by atoms with Crippen LogP contribution in [0.4, 0.5) is 0 Å². The van der Waals surface area contributed by atoms with Gasteiger partial charge in [0.15, 0.2) is 0 Å². The second kappa shape index (κ2) is 6.40. The fourth-order valence-electron chi connectivity index (χ4n) is 2.11. The highest BCUT2D eigenvalue weighted by Gasteiger charge is 2.20. The van der Waals surface area contributed by atoms with E-state index in [0.717, 1.165) is 18.7 Å². The van der Waals surface area contributed by atoms with Gasteiger partial charge in [-0.1, -0.05) is 32.9 Å². The van der Waals surface area contributed by atoms with Crippen LogP contribution in [0.2, 0.25) is 0 Å². The minimum Gasteiger partial charge on any atom is -0.496 e. The van der Waals surface area contributed by atoms with E-state index in [9.17, 15) is 0 Å². The lowest BCUT2D eigenvalue weighted by Gasteiger charge is -2.24. The summed E-state index contributed by atoms with van der Waals surface area (Å²) in [4.78, 5) is 2.16. The third kappa shape index (κ3) is 4.51. The van der Waals surface area contributed by atoms with E-state index < -0.39 is 0 Å². The van der Waals surface area contributed by atoms with Gasteiger partial charge >= 0.3 is 0 Å². The van der Waals surface area contributed by atoms with Gasteiger partial charge in [0.1, 0.15) is 5.75 Å². The lowest BCUT2D eigenvalue weighted by Crippen LogP contribution is -2.21. The average molecular weight is 264 g/mol. The molecule has 1 unspecified atom stereocenters. The molecule has 3 heteroatoms. The molecule has 0 aromatic heterocycles. The Morgan fingerprint density at radius 2 is 1.89 bits per heavy atom. The summed E-state index contributed by atoms with van der Waals surface area (Å²) in [6.07, 6.45) is 0.961. The summed E-state index contributed by atoms with van der Waals surface area (Å²) in [5.41, 5.74) is 8.74. The lowest BCUT2D eigenvalue weighted by molar-refractivity contribution is 0.381. The number of hydrogen-bond acceptors (Lipinski definition) is 3. The molecule has 1 aromatic carbocycles. The van der Waals surface area contributed by atoms with Gasteiger partial charge in [0, 0.05) is 6.04 Å². The number of nitrogens with zero attached hydrogens (tertiary/aromatic N) is 1. The molecule has 1 rings (SSSR count). The highest BCUT2D eigenvalue weighted by atomic mass is 16.5. The first-order chi connectivity index (χ1) is 8.75. The molecule has 0 fully saturated rings.